The van der Waals surface area contributed by atoms with Crippen LogP contribution in [0.2, 0.25) is 0 Å². The van der Waals surface area contributed by atoms with E-state index >= 15 is 0 Å². The molecule has 0 aliphatic rings. The highest BCUT2D eigenvalue weighted by atomic mass is 16.6. The van der Waals surface area contributed by atoms with E-state index in [-0.39, 0.29) is 31.1 Å². The van der Waals surface area contributed by atoms with Gasteiger partial charge < -0.3 is 14.2 Å². The van der Waals surface area contributed by atoms with E-state index in [1.165, 1.54) is 154 Å². The van der Waals surface area contributed by atoms with Crippen LogP contribution in [-0.2, 0) is 28.6 Å². The highest BCUT2D eigenvalue weighted by molar-refractivity contribution is 5.71. The van der Waals surface area contributed by atoms with Gasteiger partial charge in [0.1, 0.15) is 13.2 Å². The summed E-state index contributed by atoms with van der Waals surface area (Å²) in [6.45, 7) is 8.92. The van der Waals surface area contributed by atoms with Crippen molar-refractivity contribution in [3.8, 4) is 0 Å². The molecule has 0 amide bonds. The maximum atomic E-state index is 12.7. The van der Waals surface area contributed by atoms with E-state index in [9.17, 15) is 14.4 Å². The molecular weight excluding hydrogens is 661 g/mol. The Morgan fingerprint density at radius 2 is 0.623 bits per heavy atom. The van der Waals surface area contributed by atoms with Crippen LogP contribution in [0.25, 0.3) is 0 Å². The summed E-state index contributed by atoms with van der Waals surface area (Å²) in [5.74, 6) is -0.0948. The van der Waals surface area contributed by atoms with Gasteiger partial charge in [0.15, 0.2) is 6.10 Å². The number of esters is 3. The van der Waals surface area contributed by atoms with Gasteiger partial charge in [-0.15, -0.1) is 0 Å². The Labute approximate surface area is 329 Å². The number of ether oxygens (including phenoxy) is 3. The fourth-order valence-corrected chi connectivity index (χ4v) is 6.98. The maximum absolute atomic E-state index is 12.7. The minimum Gasteiger partial charge on any atom is -0.462 e. The van der Waals surface area contributed by atoms with Crippen molar-refractivity contribution < 1.29 is 28.6 Å². The number of carbonyl (C=O) groups excluding carboxylic acids is 3. The third kappa shape index (κ3) is 41.4. The summed E-state index contributed by atoms with van der Waals surface area (Å²) in [5.41, 5.74) is 0. The Hall–Kier alpha value is -1.59. The van der Waals surface area contributed by atoms with E-state index < -0.39 is 6.10 Å². The lowest BCUT2D eigenvalue weighted by Gasteiger charge is -2.18. The number of carbonyl (C=O) groups is 3. The minimum absolute atomic E-state index is 0.0644. The van der Waals surface area contributed by atoms with E-state index in [2.05, 4.69) is 27.7 Å². The van der Waals surface area contributed by atoms with E-state index in [1.807, 2.05) is 0 Å². The molecule has 314 valence electrons. The smallest absolute Gasteiger partial charge is 0.306 e. The largest absolute Gasteiger partial charge is 0.462 e. The molecule has 0 heterocycles. The fourth-order valence-electron chi connectivity index (χ4n) is 6.98. The summed E-state index contributed by atoms with van der Waals surface area (Å²) in [4.78, 5) is 37.6. The Morgan fingerprint density at radius 3 is 0.925 bits per heavy atom. The monoisotopic (exact) mass is 751 g/mol. The highest BCUT2D eigenvalue weighted by Gasteiger charge is 2.19. The van der Waals surface area contributed by atoms with Crippen molar-refractivity contribution in [3.05, 3.63) is 0 Å². The third-order valence-corrected chi connectivity index (χ3v) is 10.5. The van der Waals surface area contributed by atoms with Crippen molar-refractivity contribution in [3.63, 3.8) is 0 Å². The van der Waals surface area contributed by atoms with Crippen LogP contribution in [0.15, 0.2) is 0 Å². The van der Waals surface area contributed by atoms with E-state index in [0.717, 1.165) is 63.7 Å². The molecule has 0 saturated heterocycles. The van der Waals surface area contributed by atoms with Crippen LogP contribution in [-0.4, -0.2) is 37.2 Å². The van der Waals surface area contributed by atoms with E-state index in [0.29, 0.717) is 19.3 Å². The zero-order valence-corrected chi connectivity index (χ0v) is 36.0. The zero-order valence-electron chi connectivity index (χ0n) is 36.0. The lowest BCUT2D eigenvalue weighted by atomic mass is 10.0. The third-order valence-electron chi connectivity index (χ3n) is 10.5. The van der Waals surface area contributed by atoms with Crippen LogP contribution < -0.4 is 0 Å². The zero-order chi connectivity index (χ0) is 38.9. The normalized spacial score (nSPS) is 11.9. The van der Waals surface area contributed by atoms with Crippen LogP contribution in [0, 0.1) is 5.92 Å². The summed E-state index contributed by atoms with van der Waals surface area (Å²) in [6.07, 6.45) is 41.0. The van der Waals surface area contributed by atoms with Crippen LogP contribution in [0.5, 0.6) is 0 Å². The number of hydrogen-bond acceptors (Lipinski definition) is 6. The molecule has 0 aromatic heterocycles. The number of rotatable bonds is 42. The quantitative estimate of drug-likeness (QED) is 0.0351. The van der Waals surface area contributed by atoms with Gasteiger partial charge in [-0.3, -0.25) is 14.4 Å². The summed E-state index contributed by atoms with van der Waals surface area (Å²) >= 11 is 0. The predicted molar refractivity (Wildman–Crippen MR) is 224 cm³/mol. The molecular formula is C47H90O6. The molecule has 0 aliphatic heterocycles. The summed E-state index contributed by atoms with van der Waals surface area (Å²) in [5, 5.41) is 0. The Balaban J connectivity index is 4.25. The molecule has 6 heteroatoms. The molecule has 0 rings (SSSR count). The number of unbranched alkanes of at least 4 members (excludes halogenated alkanes) is 29. The van der Waals surface area contributed by atoms with Crippen molar-refractivity contribution in [2.24, 2.45) is 5.92 Å². The van der Waals surface area contributed by atoms with E-state index in [1.54, 1.807) is 0 Å². The molecule has 0 radical (unpaired) electrons. The second kappa shape index (κ2) is 41.6. The average Bonchev–Trinajstić information content (AvgIpc) is 3.14. The van der Waals surface area contributed by atoms with Gasteiger partial charge >= 0.3 is 17.9 Å². The first-order valence-electron chi connectivity index (χ1n) is 23.4. The van der Waals surface area contributed by atoms with Crippen molar-refractivity contribution >= 4 is 17.9 Å². The summed E-state index contributed by atoms with van der Waals surface area (Å²) in [7, 11) is 0. The summed E-state index contributed by atoms with van der Waals surface area (Å²) in [6, 6.07) is 0. The molecule has 0 fully saturated rings. The molecule has 0 bridgehead atoms. The van der Waals surface area contributed by atoms with Gasteiger partial charge in [0.2, 0.25) is 0 Å². The molecule has 0 unspecified atom stereocenters. The highest BCUT2D eigenvalue weighted by Crippen LogP contribution is 2.16. The molecule has 0 aromatic rings. The lowest BCUT2D eigenvalue weighted by Crippen LogP contribution is -2.30. The van der Waals surface area contributed by atoms with Gasteiger partial charge in [0, 0.05) is 19.3 Å². The Bertz CT molecular complexity index is 796. The molecule has 0 aromatic carbocycles. The first-order valence-corrected chi connectivity index (χ1v) is 23.4. The van der Waals surface area contributed by atoms with Crippen LogP contribution in [0.4, 0.5) is 0 Å². The predicted octanol–water partition coefficient (Wildman–Crippen LogP) is 14.7. The van der Waals surface area contributed by atoms with Crippen LogP contribution in [0.3, 0.4) is 0 Å². The topological polar surface area (TPSA) is 78.9 Å². The second-order valence-corrected chi connectivity index (χ2v) is 16.5. The average molecular weight is 751 g/mol. The summed E-state index contributed by atoms with van der Waals surface area (Å²) < 4.78 is 16.7. The van der Waals surface area contributed by atoms with Gasteiger partial charge in [-0.05, 0) is 25.2 Å². The molecule has 1 atom stereocenters. The first kappa shape index (κ1) is 51.4. The van der Waals surface area contributed by atoms with Gasteiger partial charge in [-0.1, -0.05) is 220 Å². The standard InChI is InChI=1S/C47H90O6/c1-5-7-9-11-13-15-17-18-19-20-21-22-24-25-30-34-38-45(48)51-41-44(42-52-46(49)39-35-31-28-27-29-33-37-43(3)4)53-47(50)40-36-32-26-23-16-14-12-10-8-6-2/h43-44H,5-42H2,1-4H3/t44-/m0/s1. The van der Waals surface area contributed by atoms with Crippen molar-refractivity contribution in [1.82, 2.24) is 0 Å². The first-order chi connectivity index (χ1) is 25.9. The molecule has 53 heavy (non-hydrogen) atoms. The molecule has 0 aliphatic carbocycles. The molecule has 6 nitrogen and oxygen atoms in total. The van der Waals surface area contributed by atoms with Crippen molar-refractivity contribution in [2.75, 3.05) is 13.2 Å². The number of hydrogen-bond donors (Lipinski definition) is 0. The molecule has 0 saturated carbocycles. The van der Waals surface area contributed by atoms with Gasteiger partial charge in [0.25, 0.3) is 0 Å². The molecule has 0 spiro atoms. The fraction of sp³-hybridized carbons (Fsp3) is 0.936. The lowest BCUT2D eigenvalue weighted by molar-refractivity contribution is -0.167. The SMILES string of the molecule is CCCCCCCCCCCCCCCCCCC(=O)OC[C@@H](COC(=O)CCCCCCCCC(C)C)OC(=O)CCCCCCCCCCCC. The van der Waals surface area contributed by atoms with Gasteiger partial charge in [-0.25, -0.2) is 0 Å². The van der Waals surface area contributed by atoms with Gasteiger partial charge in [-0.2, -0.15) is 0 Å². The van der Waals surface area contributed by atoms with Crippen molar-refractivity contribution in [1.29, 1.82) is 0 Å². The Kier molecular flexibility index (Phi) is 40.3. The molecule has 0 N–H and O–H groups in total. The maximum Gasteiger partial charge on any atom is 0.306 e. The van der Waals surface area contributed by atoms with Crippen molar-refractivity contribution in [2.45, 2.75) is 265 Å². The minimum atomic E-state index is -0.759. The Morgan fingerprint density at radius 1 is 0.358 bits per heavy atom. The van der Waals surface area contributed by atoms with Gasteiger partial charge in [0.05, 0.1) is 0 Å². The van der Waals surface area contributed by atoms with Crippen LogP contribution in [0.1, 0.15) is 259 Å². The second-order valence-electron chi connectivity index (χ2n) is 16.5. The van der Waals surface area contributed by atoms with Crippen LogP contribution >= 0.6 is 0 Å². The van der Waals surface area contributed by atoms with E-state index in [4.69, 9.17) is 14.2 Å².